The van der Waals surface area contributed by atoms with Crippen molar-refractivity contribution in [1.29, 1.82) is 0 Å². The zero-order valence-electron chi connectivity index (χ0n) is 15.4. The molecule has 0 amide bonds. The smallest absolute Gasteiger partial charge is 0.334 e. The maximum atomic E-state index is 12.1. The summed E-state index contributed by atoms with van der Waals surface area (Å²) in [6, 6.07) is 0. The quantitative estimate of drug-likeness (QED) is 0.273. The van der Waals surface area contributed by atoms with Gasteiger partial charge >= 0.3 is 11.9 Å². The highest BCUT2D eigenvalue weighted by Gasteiger charge is 2.21. The molecule has 0 radical (unpaired) electrons. The summed E-state index contributed by atoms with van der Waals surface area (Å²) < 4.78 is 9.76. The summed E-state index contributed by atoms with van der Waals surface area (Å²) in [7, 11) is 2.73. The zero-order chi connectivity index (χ0) is 17.5. The van der Waals surface area contributed by atoms with Crippen LogP contribution in [0.25, 0.3) is 0 Å². The normalized spacial score (nSPS) is 11.8. The second kappa shape index (κ2) is 14.3. The second-order valence-corrected chi connectivity index (χ2v) is 5.92. The Balaban J connectivity index is 4.86. The molecule has 0 spiro atoms. The van der Waals surface area contributed by atoms with Crippen LogP contribution in [0.3, 0.4) is 0 Å². The highest BCUT2D eigenvalue weighted by atomic mass is 16.5. The Hall–Kier alpha value is -1.32. The summed E-state index contributed by atoms with van der Waals surface area (Å²) in [6.07, 6.45) is 11.0. The van der Waals surface area contributed by atoms with E-state index in [1.807, 2.05) is 0 Å². The van der Waals surface area contributed by atoms with Gasteiger partial charge in [0.25, 0.3) is 0 Å². The van der Waals surface area contributed by atoms with E-state index in [1.165, 1.54) is 39.9 Å². The van der Waals surface area contributed by atoms with E-state index in [1.54, 1.807) is 0 Å². The highest BCUT2D eigenvalue weighted by Crippen LogP contribution is 2.22. The van der Waals surface area contributed by atoms with Crippen LogP contribution >= 0.6 is 0 Å². The Kier molecular flexibility index (Phi) is 13.5. The minimum absolute atomic E-state index is 0.393. The van der Waals surface area contributed by atoms with Crippen molar-refractivity contribution in [2.45, 2.75) is 84.5 Å². The fourth-order valence-electron chi connectivity index (χ4n) is 2.63. The molecule has 0 N–H and O–H groups in total. The Morgan fingerprint density at radius 1 is 0.609 bits per heavy atom. The lowest BCUT2D eigenvalue weighted by atomic mass is 9.96. The molecule has 4 nitrogen and oxygen atoms in total. The van der Waals surface area contributed by atoms with Gasteiger partial charge in [-0.25, -0.2) is 9.59 Å². The molecule has 0 unspecified atom stereocenters. The minimum Gasteiger partial charge on any atom is -0.466 e. The molecule has 0 aliphatic carbocycles. The monoisotopic (exact) mass is 326 g/mol. The summed E-state index contributed by atoms with van der Waals surface area (Å²) in [5.41, 5.74) is 1.01. The minimum atomic E-state index is -0.396. The Morgan fingerprint density at radius 2 is 0.957 bits per heavy atom. The van der Waals surface area contributed by atoms with Crippen molar-refractivity contribution in [1.82, 2.24) is 0 Å². The first-order valence-electron chi connectivity index (χ1n) is 9.00. The van der Waals surface area contributed by atoms with Gasteiger partial charge in [0, 0.05) is 11.1 Å². The largest absolute Gasteiger partial charge is 0.466 e. The molecule has 0 aromatic rings. The van der Waals surface area contributed by atoms with Gasteiger partial charge in [0.05, 0.1) is 14.2 Å². The number of methoxy groups -OCH3 is 2. The number of esters is 2. The summed E-state index contributed by atoms with van der Waals surface area (Å²) in [5, 5.41) is 0. The standard InChI is InChI=1S/C19H34O4/c1-5-7-9-10-11-13-15-17(19(21)23-4)16(18(20)22-3)14-12-8-6-2/h5-15H2,1-4H3/b17-16-. The Labute approximate surface area is 141 Å². The SMILES string of the molecule is CCCCCCCC/C(C(=O)OC)=C(\CCCCC)C(=O)OC. The van der Waals surface area contributed by atoms with Crippen molar-refractivity contribution in [2.24, 2.45) is 0 Å². The number of rotatable bonds is 13. The molecule has 0 saturated heterocycles. The lowest BCUT2D eigenvalue weighted by Crippen LogP contribution is -2.15. The third kappa shape index (κ3) is 9.42. The molecule has 0 aromatic heterocycles. The van der Waals surface area contributed by atoms with Crippen LogP contribution in [0.1, 0.15) is 84.5 Å². The van der Waals surface area contributed by atoms with E-state index in [0.29, 0.717) is 24.0 Å². The average Bonchev–Trinajstić information content (AvgIpc) is 2.57. The molecule has 134 valence electrons. The number of unbranched alkanes of at least 4 members (excludes halogenated alkanes) is 7. The van der Waals surface area contributed by atoms with Gasteiger partial charge in [-0.3, -0.25) is 0 Å². The van der Waals surface area contributed by atoms with E-state index in [2.05, 4.69) is 13.8 Å². The molecule has 0 aliphatic rings. The van der Waals surface area contributed by atoms with Crippen molar-refractivity contribution in [3.63, 3.8) is 0 Å². The number of ether oxygens (including phenoxy) is 2. The maximum Gasteiger partial charge on any atom is 0.334 e. The van der Waals surface area contributed by atoms with Crippen LogP contribution in [0.2, 0.25) is 0 Å². The molecule has 0 rings (SSSR count). The predicted octanol–water partition coefficient (Wildman–Crippen LogP) is 4.96. The molecule has 0 saturated carbocycles. The van der Waals surface area contributed by atoms with Crippen molar-refractivity contribution >= 4 is 11.9 Å². The Morgan fingerprint density at radius 3 is 1.39 bits per heavy atom. The third-order valence-corrected chi connectivity index (χ3v) is 4.04. The first-order chi connectivity index (χ1) is 11.1. The van der Waals surface area contributed by atoms with E-state index in [4.69, 9.17) is 9.47 Å². The molecule has 0 heterocycles. The van der Waals surface area contributed by atoms with Crippen LogP contribution in [0, 0.1) is 0 Å². The van der Waals surface area contributed by atoms with Gasteiger partial charge in [0.15, 0.2) is 0 Å². The van der Waals surface area contributed by atoms with E-state index < -0.39 is 11.9 Å². The molecule has 0 bridgehead atoms. The van der Waals surface area contributed by atoms with E-state index in [-0.39, 0.29) is 0 Å². The molecule has 23 heavy (non-hydrogen) atoms. The van der Waals surface area contributed by atoms with Crippen LogP contribution in [0.15, 0.2) is 11.1 Å². The number of hydrogen-bond acceptors (Lipinski definition) is 4. The van der Waals surface area contributed by atoms with Crippen molar-refractivity contribution in [2.75, 3.05) is 14.2 Å². The number of carbonyl (C=O) groups is 2. The molecule has 0 fully saturated rings. The molecule has 4 heteroatoms. The van der Waals surface area contributed by atoms with Crippen LogP contribution in [-0.2, 0) is 19.1 Å². The van der Waals surface area contributed by atoms with Gasteiger partial charge in [-0.2, -0.15) is 0 Å². The van der Waals surface area contributed by atoms with E-state index in [0.717, 1.165) is 32.1 Å². The van der Waals surface area contributed by atoms with E-state index >= 15 is 0 Å². The number of carbonyl (C=O) groups excluding carboxylic acids is 2. The Bertz CT molecular complexity index is 372. The van der Waals surface area contributed by atoms with E-state index in [9.17, 15) is 9.59 Å². The van der Waals surface area contributed by atoms with Gasteiger partial charge < -0.3 is 9.47 Å². The fraction of sp³-hybridized carbons (Fsp3) is 0.789. The van der Waals surface area contributed by atoms with Gasteiger partial charge in [-0.1, -0.05) is 58.8 Å². The van der Waals surface area contributed by atoms with Crippen LogP contribution < -0.4 is 0 Å². The second-order valence-electron chi connectivity index (χ2n) is 5.92. The van der Waals surface area contributed by atoms with Gasteiger partial charge in [-0.15, -0.1) is 0 Å². The first kappa shape index (κ1) is 21.7. The summed E-state index contributed by atoms with van der Waals surface area (Å²) in [5.74, 6) is -0.789. The van der Waals surface area contributed by atoms with Crippen LogP contribution in [0.5, 0.6) is 0 Å². The number of hydrogen-bond donors (Lipinski definition) is 0. The lowest BCUT2D eigenvalue weighted by molar-refractivity contribution is -0.139. The maximum absolute atomic E-state index is 12.1. The fourth-order valence-corrected chi connectivity index (χ4v) is 2.63. The summed E-state index contributed by atoms with van der Waals surface area (Å²) in [6.45, 7) is 4.30. The molecule has 0 aliphatic heterocycles. The average molecular weight is 326 g/mol. The first-order valence-corrected chi connectivity index (χ1v) is 9.00. The van der Waals surface area contributed by atoms with Crippen molar-refractivity contribution in [3.8, 4) is 0 Å². The predicted molar refractivity (Wildman–Crippen MR) is 93.2 cm³/mol. The molecular weight excluding hydrogens is 292 g/mol. The van der Waals surface area contributed by atoms with Crippen LogP contribution in [-0.4, -0.2) is 26.2 Å². The zero-order valence-corrected chi connectivity index (χ0v) is 15.4. The molecular formula is C19H34O4. The van der Waals surface area contributed by atoms with Gasteiger partial charge in [-0.05, 0) is 25.7 Å². The van der Waals surface area contributed by atoms with Crippen molar-refractivity contribution < 1.29 is 19.1 Å². The summed E-state index contributed by atoms with van der Waals surface area (Å²) in [4.78, 5) is 24.1. The van der Waals surface area contributed by atoms with Crippen LogP contribution in [0.4, 0.5) is 0 Å². The lowest BCUT2D eigenvalue weighted by Gasteiger charge is -2.12. The van der Waals surface area contributed by atoms with Crippen molar-refractivity contribution in [3.05, 3.63) is 11.1 Å². The molecule has 0 atom stereocenters. The highest BCUT2D eigenvalue weighted by molar-refractivity contribution is 6.00. The molecule has 0 aromatic carbocycles. The van der Waals surface area contributed by atoms with Gasteiger partial charge in [0.2, 0.25) is 0 Å². The van der Waals surface area contributed by atoms with Gasteiger partial charge in [0.1, 0.15) is 0 Å². The topological polar surface area (TPSA) is 52.6 Å². The third-order valence-electron chi connectivity index (χ3n) is 4.04. The summed E-state index contributed by atoms with van der Waals surface area (Å²) >= 11 is 0.